The molecule has 1 atom stereocenters. The van der Waals surface area contributed by atoms with Gasteiger partial charge in [0, 0.05) is 31.7 Å². The molecule has 1 aliphatic rings. The van der Waals surface area contributed by atoms with E-state index in [9.17, 15) is 19.7 Å². The molecular weight excluding hydrogens is 336 g/mol. The van der Waals surface area contributed by atoms with Gasteiger partial charge in [-0.3, -0.25) is 24.6 Å². The summed E-state index contributed by atoms with van der Waals surface area (Å²) in [5.74, 6) is -0.612. The summed E-state index contributed by atoms with van der Waals surface area (Å²) in [5, 5.41) is 13.5. The quantitative estimate of drug-likeness (QED) is 0.623. The Morgan fingerprint density at radius 3 is 2.85 bits per heavy atom. The number of hydrogen-bond donors (Lipinski definition) is 2. The number of aromatic amines is 1. The number of nitrogens with zero attached hydrogens (tertiary/aromatic N) is 2. The monoisotopic (exact) mass is 356 g/mol. The number of hydrogen-bond acceptors (Lipinski definition) is 5. The van der Waals surface area contributed by atoms with Crippen molar-refractivity contribution < 1.29 is 9.72 Å². The van der Waals surface area contributed by atoms with Gasteiger partial charge in [0.1, 0.15) is 5.56 Å². The van der Waals surface area contributed by atoms with Crippen LogP contribution in [0.3, 0.4) is 0 Å². The molecular formula is C18H20N4O4. The number of rotatable bonds is 5. The van der Waals surface area contributed by atoms with Crippen molar-refractivity contribution in [3.05, 3.63) is 73.7 Å². The van der Waals surface area contributed by atoms with Crippen LogP contribution in [0.4, 0.5) is 5.69 Å². The molecule has 2 aromatic rings. The average molecular weight is 356 g/mol. The van der Waals surface area contributed by atoms with Crippen LogP contribution in [0.15, 0.2) is 41.3 Å². The zero-order valence-corrected chi connectivity index (χ0v) is 14.4. The number of amides is 1. The summed E-state index contributed by atoms with van der Waals surface area (Å²) in [6, 6.07) is 9.36. The Bertz CT molecular complexity index is 893. The smallest absolute Gasteiger partial charge is 0.286 e. The predicted octanol–water partition coefficient (Wildman–Crippen LogP) is 1.46. The second-order valence-electron chi connectivity index (χ2n) is 6.41. The van der Waals surface area contributed by atoms with Crippen molar-refractivity contribution in [3.8, 4) is 0 Å². The highest BCUT2D eigenvalue weighted by molar-refractivity contribution is 5.94. The summed E-state index contributed by atoms with van der Waals surface area (Å²) in [6.45, 7) is 4.06. The van der Waals surface area contributed by atoms with E-state index in [2.05, 4.69) is 27.3 Å². The molecule has 0 fully saturated rings. The first kappa shape index (κ1) is 17.8. The van der Waals surface area contributed by atoms with E-state index in [0.717, 1.165) is 31.8 Å². The van der Waals surface area contributed by atoms with E-state index in [1.165, 1.54) is 11.1 Å². The lowest BCUT2D eigenvalue weighted by Crippen LogP contribution is -2.45. The Morgan fingerprint density at radius 2 is 2.12 bits per heavy atom. The van der Waals surface area contributed by atoms with Gasteiger partial charge in [-0.25, -0.2) is 0 Å². The van der Waals surface area contributed by atoms with Gasteiger partial charge >= 0.3 is 0 Å². The number of fused-ring (bicyclic) bond motifs is 1. The van der Waals surface area contributed by atoms with Gasteiger partial charge in [0.15, 0.2) is 0 Å². The minimum absolute atomic E-state index is 0.0742. The van der Waals surface area contributed by atoms with Crippen LogP contribution in [0, 0.1) is 10.1 Å². The third kappa shape index (κ3) is 3.80. The minimum Gasteiger partial charge on any atom is -0.350 e. The van der Waals surface area contributed by atoms with E-state index in [0.29, 0.717) is 6.54 Å². The first-order valence-corrected chi connectivity index (χ1v) is 8.42. The van der Waals surface area contributed by atoms with Crippen molar-refractivity contribution in [2.45, 2.75) is 25.9 Å². The maximum Gasteiger partial charge on any atom is 0.286 e. The van der Waals surface area contributed by atoms with Crippen molar-refractivity contribution in [1.29, 1.82) is 0 Å². The fourth-order valence-corrected chi connectivity index (χ4v) is 3.10. The number of nitro groups is 1. The predicted molar refractivity (Wildman–Crippen MR) is 96.1 cm³/mol. The number of nitrogens with one attached hydrogen (secondary N) is 2. The van der Waals surface area contributed by atoms with E-state index in [4.69, 9.17) is 0 Å². The molecule has 1 aromatic heterocycles. The lowest BCUT2D eigenvalue weighted by molar-refractivity contribution is -0.385. The van der Waals surface area contributed by atoms with Gasteiger partial charge in [-0.15, -0.1) is 0 Å². The van der Waals surface area contributed by atoms with E-state index >= 15 is 0 Å². The molecule has 0 aliphatic carbocycles. The zero-order chi connectivity index (χ0) is 18.7. The topological polar surface area (TPSA) is 108 Å². The first-order valence-electron chi connectivity index (χ1n) is 8.42. The van der Waals surface area contributed by atoms with Gasteiger partial charge in [-0.1, -0.05) is 24.3 Å². The Kier molecular flexibility index (Phi) is 5.13. The third-order valence-electron chi connectivity index (χ3n) is 4.68. The van der Waals surface area contributed by atoms with Gasteiger partial charge < -0.3 is 10.3 Å². The van der Waals surface area contributed by atoms with Crippen LogP contribution in [-0.4, -0.2) is 39.8 Å². The maximum absolute atomic E-state index is 12.3. The van der Waals surface area contributed by atoms with Gasteiger partial charge in [0.25, 0.3) is 17.2 Å². The van der Waals surface area contributed by atoms with Crippen LogP contribution in [0.1, 0.15) is 28.4 Å². The second kappa shape index (κ2) is 7.49. The fourth-order valence-electron chi connectivity index (χ4n) is 3.10. The summed E-state index contributed by atoms with van der Waals surface area (Å²) in [5.41, 5.74) is 1.41. The molecule has 1 aliphatic heterocycles. The minimum atomic E-state index is -0.652. The zero-order valence-electron chi connectivity index (χ0n) is 14.4. The third-order valence-corrected chi connectivity index (χ3v) is 4.68. The van der Waals surface area contributed by atoms with Crippen molar-refractivity contribution in [3.63, 3.8) is 0 Å². The van der Waals surface area contributed by atoms with Crippen LogP contribution < -0.4 is 10.9 Å². The molecule has 0 unspecified atom stereocenters. The SMILES string of the molecule is C[C@H](CNC(=O)c1cc([N+](=O)[O-])c[nH]c1=O)N1CCc2ccccc2C1. The fraction of sp³-hybridized carbons (Fsp3) is 0.333. The number of pyridine rings is 1. The van der Waals surface area contributed by atoms with Crippen LogP contribution in [0.5, 0.6) is 0 Å². The molecule has 0 radical (unpaired) electrons. The molecule has 1 amide bonds. The normalized spacial score (nSPS) is 15.1. The van der Waals surface area contributed by atoms with Gasteiger partial charge in [0.05, 0.1) is 11.1 Å². The second-order valence-corrected chi connectivity index (χ2v) is 6.41. The summed E-state index contributed by atoms with van der Waals surface area (Å²) in [4.78, 5) is 38.7. The Balaban J connectivity index is 1.62. The van der Waals surface area contributed by atoms with E-state index in [1.807, 2.05) is 19.1 Å². The van der Waals surface area contributed by atoms with Crippen LogP contribution in [0.2, 0.25) is 0 Å². The van der Waals surface area contributed by atoms with E-state index < -0.39 is 16.4 Å². The molecule has 1 aromatic carbocycles. The van der Waals surface area contributed by atoms with E-state index in [1.54, 1.807) is 0 Å². The molecule has 2 heterocycles. The summed E-state index contributed by atoms with van der Waals surface area (Å²) < 4.78 is 0. The molecule has 136 valence electrons. The number of H-pyrrole nitrogens is 1. The summed E-state index contributed by atoms with van der Waals surface area (Å²) >= 11 is 0. The molecule has 3 rings (SSSR count). The van der Waals surface area contributed by atoms with Crippen molar-refractivity contribution >= 4 is 11.6 Å². The highest BCUT2D eigenvalue weighted by Crippen LogP contribution is 2.20. The van der Waals surface area contributed by atoms with Gasteiger partial charge in [-0.2, -0.15) is 0 Å². The van der Waals surface area contributed by atoms with Crippen LogP contribution in [0.25, 0.3) is 0 Å². The van der Waals surface area contributed by atoms with Gasteiger partial charge in [0.2, 0.25) is 0 Å². The lowest BCUT2D eigenvalue weighted by atomic mass is 9.99. The number of benzene rings is 1. The molecule has 8 nitrogen and oxygen atoms in total. The first-order chi connectivity index (χ1) is 12.5. The van der Waals surface area contributed by atoms with Gasteiger partial charge in [-0.05, 0) is 24.5 Å². The molecule has 0 bridgehead atoms. The highest BCUT2D eigenvalue weighted by atomic mass is 16.6. The number of carbonyl (C=O) groups is 1. The molecule has 0 saturated carbocycles. The Morgan fingerprint density at radius 1 is 1.38 bits per heavy atom. The largest absolute Gasteiger partial charge is 0.350 e. The molecule has 2 N–H and O–H groups in total. The standard InChI is InChI=1S/C18H20N4O4/c1-12(21-7-6-13-4-2-3-5-14(13)11-21)9-19-17(23)16-8-15(22(25)26)10-20-18(16)24/h2-5,8,10,12H,6-7,9,11H2,1H3,(H,19,23)(H,20,24)/t12-/m1/s1. The summed E-state index contributed by atoms with van der Waals surface area (Å²) in [6.07, 6.45) is 1.94. The molecule has 0 spiro atoms. The van der Waals surface area contributed by atoms with Crippen molar-refractivity contribution in [2.24, 2.45) is 0 Å². The Labute approximate surface area is 150 Å². The maximum atomic E-state index is 12.3. The van der Waals surface area contributed by atoms with Crippen LogP contribution >= 0.6 is 0 Å². The number of carbonyl (C=O) groups excluding carboxylic acids is 1. The van der Waals surface area contributed by atoms with Crippen LogP contribution in [-0.2, 0) is 13.0 Å². The van der Waals surface area contributed by atoms with Crippen molar-refractivity contribution in [1.82, 2.24) is 15.2 Å². The molecule has 26 heavy (non-hydrogen) atoms. The Hall–Kier alpha value is -3.00. The highest BCUT2D eigenvalue weighted by Gasteiger charge is 2.22. The molecule has 8 heteroatoms. The molecule has 0 saturated heterocycles. The summed E-state index contributed by atoms with van der Waals surface area (Å²) in [7, 11) is 0. The lowest BCUT2D eigenvalue weighted by Gasteiger charge is -2.33. The van der Waals surface area contributed by atoms with E-state index in [-0.39, 0.29) is 17.3 Å². The van der Waals surface area contributed by atoms with Crippen molar-refractivity contribution in [2.75, 3.05) is 13.1 Å². The number of aromatic nitrogens is 1. The average Bonchev–Trinajstić information content (AvgIpc) is 2.65.